The van der Waals surface area contributed by atoms with Gasteiger partial charge in [-0.1, -0.05) is 36.4 Å². The highest BCUT2D eigenvalue weighted by Crippen LogP contribution is 2.54. The molecule has 6 rings (SSSR count). The summed E-state index contributed by atoms with van der Waals surface area (Å²) in [6, 6.07) is 18.2. The maximum absolute atomic E-state index is 13.2. The number of anilines is 2. The minimum atomic E-state index is -0.321. The van der Waals surface area contributed by atoms with Gasteiger partial charge in [0.15, 0.2) is 0 Å². The van der Waals surface area contributed by atoms with Crippen LogP contribution in [0, 0.1) is 35.5 Å². The van der Waals surface area contributed by atoms with Crippen LogP contribution >= 0.6 is 0 Å². The first-order valence-electron chi connectivity index (χ1n) is 11.4. The lowest BCUT2D eigenvalue weighted by Gasteiger charge is -2.42. The van der Waals surface area contributed by atoms with Crippen molar-refractivity contribution >= 4 is 35.0 Å². The number of nitrogens with zero attached hydrogens (tertiary/aromatic N) is 2. The predicted molar refractivity (Wildman–Crippen MR) is 117 cm³/mol. The van der Waals surface area contributed by atoms with E-state index in [1.54, 1.807) is 24.3 Å². The summed E-state index contributed by atoms with van der Waals surface area (Å²) in [6.07, 6.45) is 2.50. The van der Waals surface area contributed by atoms with Gasteiger partial charge in [-0.2, -0.15) is 0 Å². The number of carbonyl (C=O) groups excluding carboxylic acids is 4. The van der Waals surface area contributed by atoms with Crippen LogP contribution in [0.1, 0.15) is 25.7 Å². The van der Waals surface area contributed by atoms with Crippen molar-refractivity contribution in [1.82, 2.24) is 0 Å². The summed E-state index contributed by atoms with van der Waals surface area (Å²) in [5.74, 6) is -1.38. The quantitative estimate of drug-likeness (QED) is 0.687. The standard InChI is InChI=1S/C26H24N2O4/c29-23-19-11-15-13-21-22(26(32)28(25(21)31)18-9-5-2-6-10-18)14-16(15)12-20(19)24(30)27(23)17-7-3-1-4-8-17/h1-10,15-16,19-22H,11-14H2. The SMILES string of the molecule is O=C1C2CC3CC4C(=O)N(c5ccccc5)C(=O)C4CC3CC2C(=O)N1c1ccccc1. The van der Waals surface area contributed by atoms with Gasteiger partial charge in [-0.15, -0.1) is 0 Å². The first-order valence-corrected chi connectivity index (χ1v) is 11.4. The number of benzene rings is 2. The van der Waals surface area contributed by atoms with Crippen molar-refractivity contribution in [2.24, 2.45) is 35.5 Å². The largest absolute Gasteiger partial charge is 0.274 e. The Kier molecular flexibility index (Phi) is 4.32. The Morgan fingerprint density at radius 3 is 1.03 bits per heavy atom. The van der Waals surface area contributed by atoms with Gasteiger partial charge in [-0.3, -0.25) is 29.0 Å². The second-order valence-electron chi connectivity index (χ2n) is 9.58. The third-order valence-corrected chi connectivity index (χ3v) is 8.04. The normalized spacial score (nSPS) is 33.9. The molecule has 4 fully saturated rings. The second-order valence-corrected chi connectivity index (χ2v) is 9.58. The number of imide groups is 2. The third-order valence-electron chi connectivity index (χ3n) is 8.04. The molecule has 4 amide bonds. The summed E-state index contributed by atoms with van der Waals surface area (Å²) in [4.78, 5) is 55.4. The Labute approximate surface area is 186 Å². The maximum atomic E-state index is 13.2. The van der Waals surface area contributed by atoms with Gasteiger partial charge in [0.2, 0.25) is 23.6 Å². The van der Waals surface area contributed by atoms with E-state index in [1.165, 1.54) is 9.80 Å². The zero-order valence-corrected chi connectivity index (χ0v) is 17.6. The van der Waals surface area contributed by atoms with Crippen molar-refractivity contribution in [2.75, 3.05) is 9.80 Å². The average molecular weight is 428 g/mol. The Morgan fingerprint density at radius 1 is 0.469 bits per heavy atom. The van der Waals surface area contributed by atoms with Crippen molar-refractivity contribution in [3.63, 3.8) is 0 Å². The molecule has 2 aliphatic heterocycles. The van der Waals surface area contributed by atoms with Crippen LogP contribution in [0.3, 0.4) is 0 Å². The number of para-hydroxylation sites is 2. The first-order chi connectivity index (χ1) is 15.5. The molecule has 4 unspecified atom stereocenters. The monoisotopic (exact) mass is 428 g/mol. The van der Waals surface area contributed by atoms with Crippen LogP contribution in [-0.2, 0) is 19.2 Å². The van der Waals surface area contributed by atoms with Crippen LogP contribution in [0.4, 0.5) is 11.4 Å². The topological polar surface area (TPSA) is 74.8 Å². The molecule has 2 saturated heterocycles. The first kappa shape index (κ1) is 19.4. The lowest BCUT2D eigenvalue weighted by molar-refractivity contribution is -0.128. The van der Waals surface area contributed by atoms with Gasteiger partial charge in [0, 0.05) is 0 Å². The van der Waals surface area contributed by atoms with Gasteiger partial charge in [-0.05, 0) is 61.8 Å². The van der Waals surface area contributed by atoms with E-state index in [-0.39, 0.29) is 59.1 Å². The summed E-state index contributed by atoms with van der Waals surface area (Å²) in [6.45, 7) is 0. The van der Waals surface area contributed by atoms with E-state index in [1.807, 2.05) is 36.4 Å². The summed E-state index contributed by atoms with van der Waals surface area (Å²) in [7, 11) is 0. The minimum Gasteiger partial charge on any atom is -0.274 e. The number of carbonyl (C=O) groups is 4. The lowest BCUT2D eigenvalue weighted by Crippen LogP contribution is -2.41. The second kappa shape index (κ2) is 7.12. The number of amides is 4. The van der Waals surface area contributed by atoms with E-state index in [2.05, 4.69) is 0 Å². The van der Waals surface area contributed by atoms with Crippen molar-refractivity contribution in [1.29, 1.82) is 0 Å². The van der Waals surface area contributed by atoms with Gasteiger partial charge in [0.25, 0.3) is 0 Å². The van der Waals surface area contributed by atoms with Gasteiger partial charge in [-0.25, -0.2) is 0 Å². The highest BCUT2D eigenvalue weighted by molar-refractivity contribution is 6.23. The predicted octanol–water partition coefficient (Wildman–Crippen LogP) is 3.42. The lowest BCUT2D eigenvalue weighted by atomic mass is 9.59. The van der Waals surface area contributed by atoms with Gasteiger partial charge in [0.1, 0.15) is 0 Å². The number of fused-ring (bicyclic) bond motifs is 3. The van der Waals surface area contributed by atoms with Crippen LogP contribution in [-0.4, -0.2) is 23.6 Å². The zero-order valence-electron chi connectivity index (χ0n) is 17.6. The molecule has 2 heterocycles. The zero-order chi connectivity index (χ0) is 22.0. The van der Waals surface area contributed by atoms with E-state index in [9.17, 15) is 19.2 Å². The molecule has 2 aliphatic carbocycles. The fourth-order valence-electron chi connectivity index (χ4n) is 6.56. The highest BCUT2D eigenvalue weighted by Gasteiger charge is 2.58. The molecule has 2 aromatic carbocycles. The Bertz CT molecular complexity index is 978. The third kappa shape index (κ3) is 2.71. The van der Waals surface area contributed by atoms with Crippen LogP contribution in [0.5, 0.6) is 0 Å². The Hall–Kier alpha value is -3.28. The minimum absolute atomic E-state index is 0.119. The van der Waals surface area contributed by atoms with Crippen molar-refractivity contribution in [2.45, 2.75) is 25.7 Å². The van der Waals surface area contributed by atoms with Gasteiger partial charge >= 0.3 is 0 Å². The van der Waals surface area contributed by atoms with Crippen LogP contribution in [0.2, 0.25) is 0 Å². The fraction of sp³-hybridized carbons (Fsp3) is 0.385. The molecule has 0 N–H and O–H groups in total. The molecule has 32 heavy (non-hydrogen) atoms. The summed E-state index contributed by atoms with van der Waals surface area (Å²) in [5.41, 5.74) is 1.25. The smallest absolute Gasteiger partial charge is 0.237 e. The van der Waals surface area contributed by atoms with Crippen LogP contribution in [0.15, 0.2) is 60.7 Å². The van der Waals surface area contributed by atoms with E-state index in [0.717, 1.165) is 0 Å². The Morgan fingerprint density at radius 2 is 0.750 bits per heavy atom. The molecule has 4 aliphatic rings. The fourth-order valence-corrected chi connectivity index (χ4v) is 6.56. The molecule has 0 bridgehead atoms. The van der Waals surface area contributed by atoms with Gasteiger partial charge in [0.05, 0.1) is 35.0 Å². The summed E-state index contributed by atoms with van der Waals surface area (Å²) >= 11 is 0. The summed E-state index contributed by atoms with van der Waals surface area (Å²) in [5, 5.41) is 0. The Balaban J connectivity index is 1.25. The number of hydrogen-bond acceptors (Lipinski definition) is 4. The highest BCUT2D eigenvalue weighted by atomic mass is 16.2. The van der Waals surface area contributed by atoms with Crippen LogP contribution in [0.25, 0.3) is 0 Å². The maximum Gasteiger partial charge on any atom is 0.237 e. The molecule has 6 nitrogen and oxygen atoms in total. The molecule has 2 aromatic rings. The molecule has 0 radical (unpaired) electrons. The van der Waals surface area contributed by atoms with Gasteiger partial charge < -0.3 is 0 Å². The van der Waals surface area contributed by atoms with Crippen molar-refractivity contribution in [3.05, 3.63) is 60.7 Å². The molecule has 4 atom stereocenters. The summed E-state index contributed by atoms with van der Waals surface area (Å²) < 4.78 is 0. The van der Waals surface area contributed by atoms with E-state index in [0.29, 0.717) is 37.1 Å². The van der Waals surface area contributed by atoms with E-state index >= 15 is 0 Å². The molecule has 0 aromatic heterocycles. The molecule has 0 spiro atoms. The molecule has 162 valence electrons. The van der Waals surface area contributed by atoms with Crippen LogP contribution < -0.4 is 9.80 Å². The molecule has 2 saturated carbocycles. The molecular weight excluding hydrogens is 404 g/mol. The van der Waals surface area contributed by atoms with E-state index in [4.69, 9.17) is 0 Å². The van der Waals surface area contributed by atoms with Crippen molar-refractivity contribution in [3.8, 4) is 0 Å². The van der Waals surface area contributed by atoms with E-state index < -0.39 is 0 Å². The average Bonchev–Trinajstić information content (AvgIpc) is 3.21. The molecular formula is C26H24N2O4. The molecule has 6 heteroatoms. The number of hydrogen-bond donors (Lipinski definition) is 0. The van der Waals surface area contributed by atoms with Crippen molar-refractivity contribution < 1.29 is 19.2 Å². The number of rotatable bonds is 2.